The Labute approximate surface area is 170 Å². The molecule has 4 rings (SSSR count). The average Bonchev–Trinajstić information content (AvgIpc) is 3.24. The highest BCUT2D eigenvalue weighted by atomic mass is 16.2. The van der Waals surface area contributed by atoms with Crippen LogP contribution >= 0.6 is 0 Å². The lowest BCUT2D eigenvalue weighted by Gasteiger charge is -2.28. The van der Waals surface area contributed by atoms with E-state index < -0.39 is 0 Å². The van der Waals surface area contributed by atoms with Gasteiger partial charge in [-0.25, -0.2) is 9.97 Å². The van der Waals surface area contributed by atoms with E-state index in [0.717, 1.165) is 17.7 Å². The van der Waals surface area contributed by atoms with Gasteiger partial charge in [-0.3, -0.25) is 4.79 Å². The van der Waals surface area contributed by atoms with Crippen molar-refractivity contribution in [1.82, 2.24) is 14.5 Å². The summed E-state index contributed by atoms with van der Waals surface area (Å²) < 4.78 is 2.07. The third-order valence-corrected chi connectivity index (χ3v) is 5.06. The van der Waals surface area contributed by atoms with Crippen molar-refractivity contribution in [3.8, 4) is 5.69 Å². The topological polar surface area (TPSA) is 83.9 Å². The maximum Gasteiger partial charge on any atom is 0.247 e. The Balaban J connectivity index is 1.55. The third-order valence-electron chi connectivity index (χ3n) is 5.06. The Kier molecular flexibility index (Phi) is 5.20. The number of carbonyl (C=O) groups is 1. The fraction of sp³-hybridized carbons (Fsp3) is 0.318. The van der Waals surface area contributed by atoms with E-state index in [4.69, 9.17) is 0 Å². The van der Waals surface area contributed by atoms with Gasteiger partial charge in [0.1, 0.15) is 18.1 Å². The third kappa shape index (κ3) is 4.08. The molecule has 0 saturated carbocycles. The van der Waals surface area contributed by atoms with Gasteiger partial charge < -0.3 is 20.5 Å². The van der Waals surface area contributed by atoms with Gasteiger partial charge in [-0.15, -0.1) is 0 Å². The number of amides is 1. The lowest BCUT2D eigenvalue weighted by molar-refractivity contribution is -0.117. The number of benzene rings is 1. The lowest BCUT2D eigenvalue weighted by Crippen LogP contribution is -2.40. The molecule has 1 aromatic carbocycles. The predicted octanol–water partition coefficient (Wildman–Crippen LogP) is 4.22. The van der Waals surface area contributed by atoms with Crippen LogP contribution in [0.2, 0.25) is 0 Å². The Bertz CT molecular complexity index is 998. The van der Waals surface area contributed by atoms with Gasteiger partial charge in [0.25, 0.3) is 0 Å². The van der Waals surface area contributed by atoms with E-state index in [-0.39, 0.29) is 18.0 Å². The minimum atomic E-state index is -0.277. The average molecular weight is 390 g/mol. The van der Waals surface area contributed by atoms with Crippen LogP contribution in [0.25, 0.3) is 5.69 Å². The maximum atomic E-state index is 12.5. The first kappa shape index (κ1) is 19.0. The van der Waals surface area contributed by atoms with Crippen LogP contribution in [-0.2, 0) is 4.79 Å². The van der Waals surface area contributed by atoms with E-state index in [2.05, 4.69) is 69.5 Å². The number of nitrogens with zero attached hydrogens (tertiary/aromatic N) is 3. The molecular weight excluding hydrogens is 364 g/mol. The maximum absolute atomic E-state index is 12.5. The molecule has 3 N–H and O–H groups in total. The lowest BCUT2D eigenvalue weighted by atomic mass is 10.0. The SMILES string of the molecule is CC(C)CC1Nc2ncnc(NC(C)c3cccc(-n4cccc4)c3)c2NC1=O. The summed E-state index contributed by atoms with van der Waals surface area (Å²) in [6, 6.07) is 12.1. The molecule has 7 nitrogen and oxygen atoms in total. The quantitative estimate of drug-likeness (QED) is 0.587. The number of hydrogen-bond donors (Lipinski definition) is 3. The highest BCUT2D eigenvalue weighted by Crippen LogP contribution is 2.33. The Morgan fingerprint density at radius 2 is 1.93 bits per heavy atom. The number of aromatic nitrogens is 3. The van der Waals surface area contributed by atoms with Crippen molar-refractivity contribution in [2.45, 2.75) is 39.3 Å². The number of carbonyl (C=O) groups excluding carboxylic acids is 1. The van der Waals surface area contributed by atoms with E-state index in [1.165, 1.54) is 6.33 Å². The molecule has 1 aliphatic heterocycles. The Morgan fingerprint density at radius 1 is 1.14 bits per heavy atom. The second kappa shape index (κ2) is 7.95. The number of rotatable bonds is 6. The van der Waals surface area contributed by atoms with Crippen LogP contribution in [0, 0.1) is 5.92 Å². The van der Waals surface area contributed by atoms with Crippen LogP contribution in [0.4, 0.5) is 17.3 Å². The van der Waals surface area contributed by atoms with Crippen molar-refractivity contribution >= 4 is 23.2 Å². The first-order valence-corrected chi connectivity index (χ1v) is 9.93. The van der Waals surface area contributed by atoms with Gasteiger partial charge in [-0.2, -0.15) is 0 Å². The zero-order chi connectivity index (χ0) is 20.4. The molecule has 0 spiro atoms. The van der Waals surface area contributed by atoms with Crippen molar-refractivity contribution < 1.29 is 4.79 Å². The number of anilines is 3. The molecule has 29 heavy (non-hydrogen) atoms. The molecule has 7 heteroatoms. The van der Waals surface area contributed by atoms with Crippen LogP contribution in [0.15, 0.2) is 55.1 Å². The number of nitrogens with one attached hydrogen (secondary N) is 3. The Morgan fingerprint density at radius 3 is 2.69 bits per heavy atom. The monoisotopic (exact) mass is 390 g/mol. The molecule has 150 valence electrons. The molecule has 1 amide bonds. The molecule has 2 aromatic heterocycles. The van der Waals surface area contributed by atoms with Crippen LogP contribution in [0.1, 0.15) is 38.8 Å². The van der Waals surface area contributed by atoms with Crippen LogP contribution in [0.5, 0.6) is 0 Å². The van der Waals surface area contributed by atoms with Crippen LogP contribution in [0.3, 0.4) is 0 Å². The zero-order valence-electron chi connectivity index (χ0n) is 16.9. The first-order chi connectivity index (χ1) is 14.0. The molecule has 0 saturated heterocycles. The van der Waals surface area contributed by atoms with Gasteiger partial charge in [-0.05, 0) is 49.1 Å². The summed E-state index contributed by atoms with van der Waals surface area (Å²) in [5, 5.41) is 9.65. The smallest absolute Gasteiger partial charge is 0.247 e. The summed E-state index contributed by atoms with van der Waals surface area (Å²) in [5.74, 6) is 1.62. The summed E-state index contributed by atoms with van der Waals surface area (Å²) in [6.45, 7) is 6.27. The van der Waals surface area contributed by atoms with Gasteiger partial charge in [0.05, 0.1) is 6.04 Å². The second-order valence-electron chi connectivity index (χ2n) is 7.81. The van der Waals surface area contributed by atoms with Crippen LogP contribution < -0.4 is 16.0 Å². The molecule has 3 aromatic rings. The van der Waals surface area contributed by atoms with Gasteiger partial charge >= 0.3 is 0 Å². The van der Waals surface area contributed by atoms with E-state index in [9.17, 15) is 4.79 Å². The van der Waals surface area contributed by atoms with Crippen molar-refractivity contribution in [2.24, 2.45) is 5.92 Å². The summed E-state index contributed by atoms with van der Waals surface area (Å²) in [5.41, 5.74) is 2.82. The number of hydrogen-bond acceptors (Lipinski definition) is 5. The molecular formula is C22H26N6O. The molecule has 2 unspecified atom stereocenters. The summed E-state index contributed by atoms with van der Waals surface area (Å²) >= 11 is 0. The van der Waals surface area contributed by atoms with Crippen molar-refractivity contribution in [3.63, 3.8) is 0 Å². The fourth-order valence-corrected chi connectivity index (χ4v) is 3.55. The molecule has 1 aliphatic rings. The summed E-state index contributed by atoms with van der Waals surface area (Å²) in [6.07, 6.45) is 6.31. The Hall–Kier alpha value is -3.35. The summed E-state index contributed by atoms with van der Waals surface area (Å²) in [4.78, 5) is 21.2. The zero-order valence-corrected chi connectivity index (χ0v) is 16.9. The van der Waals surface area contributed by atoms with E-state index in [1.807, 2.05) is 30.6 Å². The van der Waals surface area contributed by atoms with Gasteiger partial charge in [-0.1, -0.05) is 26.0 Å². The minimum Gasteiger partial charge on any atom is -0.362 e. The second-order valence-corrected chi connectivity index (χ2v) is 7.81. The van der Waals surface area contributed by atoms with E-state index in [0.29, 0.717) is 23.2 Å². The van der Waals surface area contributed by atoms with Gasteiger partial charge in [0.15, 0.2) is 11.6 Å². The van der Waals surface area contributed by atoms with E-state index in [1.54, 1.807) is 0 Å². The molecule has 0 radical (unpaired) electrons. The highest BCUT2D eigenvalue weighted by Gasteiger charge is 2.29. The molecule has 0 fully saturated rings. The van der Waals surface area contributed by atoms with E-state index >= 15 is 0 Å². The normalized spacial score (nSPS) is 16.7. The van der Waals surface area contributed by atoms with Crippen molar-refractivity contribution in [2.75, 3.05) is 16.0 Å². The molecule has 0 aliphatic carbocycles. The fourth-order valence-electron chi connectivity index (χ4n) is 3.55. The van der Waals surface area contributed by atoms with Gasteiger partial charge in [0.2, 0.25) is 5.91 Å². The summed E-state index contributed by atoms with van der Waals surface area (Å²) in [7, 11) is 0. The molecule has 3 heterocycles. The molecule has 0 bridgehead atoms. The number of fused-ring (bicyclic) bond motifs is 1. The van der Waals surface area contributed by atoms with Crippen LogP contribution in [-0.4, -0.2) is 26.5 Å². The van der Waals surface area contributed by atoms with Crippen molar-refractivity contribution in [3.05, 3.63) is 60.7 Å². The predicted molar refractivity (Wildman–Crippen MR) is 115 cm³/mol. The van der Waals surface area contributed by atoms with Crippen molar-refractivity contribution in [1.29, 1.82) is 0 Å². The first-order valence-electron chi connectivity index (χ1n) is 9.93. The minimum absolute atomic E-state index is 0.00481. The largest absolute Gasteiger partial charge is 0.362 e. The highest BCUT2D eigenvalue weighted by molar-refractivity contribution is 6.04. The molecule has 2 atom stereocenters. The van der Waals surface area contributed by atoms with Gasteiger partial charge in [0, 0.05) is 18.1 Å². The standard InChI is InChI=1S/C22H26N6O/c1-14(2)11-18-22(29)27-19-20(23-13-24-21(19)26-18)25-15(3)16-7-6-8-17(12-16)28-9-4-5-10-28/h4-10,12-15,18H,11H2,1-3H3,(H,27,29)(H2,23,24,25,26).